The Kier molecular flexibility index (Phi) is 11.2. The van der Waals surface area contributed by atoms with Crippen molar-refractivity contribution in [3.8, 4) is 0 Å². The molecule has 2 amide bonds. The predicted octanol–water partition coefficient (Wildman–Crippen LogP) is 6.69. The lowest BCUT2D eigenvalue weighted by Crippen LogP contribution is -2.53. The van der Waals surface area contributed by atoms with Crippen LogP contribution >= 0.6 is 27.5 Å². The highest BCUT2D eigenvalue weighted by atomic mass is 79.9. The molecule has 7 nitrogen and oxygen atoms in total. The molecule has 0 aliphatic carbocycles. The fourth-order valence-electron chi connectivity index (χ4n) is 4.78. The van der Waals surface area contributed by atoms with Crippen molar-refractivity contribution >= 4 is 55.1 Å². The molecule has 0 unspecified atom stereocenters. The molecule has 1 atom stereocenters. The average Bonchev–Trinajstić information content (AvgIpc) is 3.00. The van der Waals surface area contributed by atoms with Gasteiger partial charge >= 0.3 is 0 Å². The highest BCUT2D eigenvalue weighted by Crippen LogP contribution is 2.29. The summed E-state index contributed by atoms with van der Waals surface area (Å²) < 4.78 is 30.1. The van der Waals surface area contributed by atoms with Gasteiger partial charge in [-0.25, -0.2) is 8.42 Å². The summed E-state index contributed by atoms with van der Waals surface area (Å²) in [6.45, 7) is 5.41. The Bertz CT molecular complexity index is 1720. The highest BCUT2D eigenvalue weighted by molar-refractivity contribution is 9.10. The summed E-state index contributed by atoms with van der Waals surface area (Å²) in [6, 6.07) is 27.3. The first kappa shape index (κ1) is 33.2. The van der Waals surface area contributed by atoms with E-state index in [1.54, 1.807) is 30.3 Å². The maximum absolute atomic E-state index is 14.4. The fraction of sp³-hybridized carbons (Fsp3) is 0.235. The van der Waals surface area contributed by atoms with E-state index in [1.807, 2.05) is 75.4 Å². The van der Waals surface area contributed by atoms with E-state index < -0.39 is 28.5 Å². The van der Waals surface area contributed by atoms with Crippen LogP contribution in [0.15, 0.2) is 106 Å². The van der Waals surface area contributed by atoms with Crippen molar-refractivity contribution < 1.29 is 18.0 Å². The van der Waals surface area contributed by atoms with Gasteiger partial charge in [-0.3, -0.25) is 13.9 Å². The third kappa shape index (κ3) is 8.28. The number of halogens is 2. The standard InChI is InChI=1S/C34H35BrClN3O4S/c1-4-37-34(41)32(20-26-9-6-5-7-10-26)38(22-27-11-8-12-28(35)19-27)33(40)23-39(29-16-15-25(3)31(36)21-29)44(42,43)30-17-13-24(2)14-18-30/h5-19,21,32H,4,20,22-23H2,1-3H3,(H,37,41)/t32-/m0/s1. The van der Waals surface area contributed by atoms with Crippen molar-refractivity contribution in [2.45, 2.75) is 44.7 Å². The zero-order valence-electron chi connectivity index (χ0n) is 24.8. The lowest BCUT2D eigenvalue weighted by atomic mass is 10.0. The summed E-state index contributed by atoms with van der Waals surface area (Å²) in [5, 5.41) is 3.24. The fourth-order valence-corrected chi connectivity index (χ4v) is 6.81. The molecule has 10 heteroatoms. The van der Waals surface area contributed by atoms with Crippen molar-refractivity contribution in [2.24, 2.45) is 0 Å². The molecule has 1 N–H and O–H groups in total. The van der Waals surface area contributed by atoms with Crippen LogP contribution in [0.5, 0.6) is 0 Å². The van der Waals surface area contributed by atoms with E-state index in [-0.39, 0.29) is 29.5 Å². The van der Waals surface area contributed by atoms with E-state index in [9.17, 15) is 18.0 Å². The molecule has 0 aromatic heterocycles. The van der Waals surface area contributed by atoms with Crippen molar-refractivity contribution in [2.75, 3.05) is 17.4 Å². The maximum atomic E-state index is 14.4. The second-order valence-corrected chi connectivity index (χ2v) is 13.7. The quantitative estimate of drug-likeness (QED) is 0.179. The number of carbonyl (C=O) groups is 2. The van der Waals surface area contributed by atoms with Crippen LogP contribution in [0.4, 0.5) is 5.69 Å². The van der Waals surface area contributed by atoms with Crippen molar-refractivity contribution in [1.82, 2.24) is 10.2 Å². The first-order valence-corrected chi connectivity index (χ1v) is 16.8. The minimum absolute atomic E-state index is 0.0377. The van der Waals surface area contributed by atoms with Crippen LogP contribution in [-0.2, 0) is 32.6 Å². The zero-order chi connectivity index (χ0) is 31.9. The molecule has 0 heterocycles. The molecular formula is C34H35BrClN3O4S. The Hall–Kier alpha value is -3.66. The summed E-state index contributed by atoms with van der Waals surface area (Å²) in [5.41, 5.74) is 3.56. The Labute approximate surface area is 273 Å². The first-order valence-electron chi connectivity index (χ1n) is 14.2. The van der Waals surface area contributed by atoms with Gasteiger partial charge in [-0.15, -0.1) is 0 Å². The average molecular weight is 697 g/mol. The van der Waals surface area contributed by atoms with Gasteiger partial charge in [-0.1, -0.05) is 93.8 Å². The number of amides is 2. The van der Waals surface area contributed by atoms with E-state index in [2.05, 4.69) is 21.2 Å². The van der Waals surface area contributed by atoms with Crippen molar-refractivity contribution in [3.05, 3.63) is 129 Å². The van der Waals surface area contributed by atoms with Gasteiger partial charge in [0.1, 0.15) is 12.6 Å². The van der Waals surface area contributed by atoms with Crippen molar-refractivity contribution in [1.29, 1.82) is 0 Å². The van der Waals surface area contributed by atoms with Crippen LogP contribution in [0, 0.1) is 13.8 Å². The molecule has 44 heavy (non-hydrogen) atoms. The lowest BCUT2D eigenvalue weighted by Gasteiger charge is -2.34. The molecule has 4 aromatic rings. The smallest absolute Gasteiger partial charge is 0.264 e. The molecule has 0 aliphatic heterocycles. The number of nitrogens with zero attached hydrogens (tertiary/aromatic N) is 2. The number of hydrogen-bond acceptors (Lipinski definition) is 4. The number of carbonyl (C=O) groups excluding carboxylic acids is 2. The van der Waals surface area contributed by atoms with Gasteiger partial charge in [0.15, 0.2) is 0 Å². The Morgan fingerprint density at radius 2 is 1.57 bits per heavy atom. The van der Waals surface area contributed by atoms with E-state index >= 15 is 0 Å². The third-order valence-electron chi connectivity index (χ3n) is 7.20. The molecule has 230 valence electrons. The molecular weight excluding hydrogens is 662 g/mol. The summed E-state index contributed by atoms with van der Waals surface area (Å²) in [6.07, 6.45) is 0.244. The molecule has 4 rings (SSSR count). The largest absolute Gasteiger partial charge is 0.355 e. The van der Waals surface area contributed by atoms with E-state index in [0.29, 0.717) is 11.6 Å². The number of likely N-dealkylation sites (N-methyl/N-ethyl adjacent to an activating group) is 1. The molecule has 0 fully saturated rings. The van der Waals surface area contributed by atoms with Gasteiger partial charge in [0, 0.05) is 29.0 Å². The summed E-state index contributed by atoms with van der Waals surface area (Å²) in [5.74, 6) is -0.865. The first-order chi connectivity index (χ1) is 21.0. The van der Waals surface area contributed by atoms with Gasteiger partial charge in [-0.2, -0.15) is 0 Å². The van der Waals surface area contributed by atoms with Crippen LogP contribution in [0.2, 0.25) is 5.02 Å². The number of anilines is 1. The van der Waals surface area contributed by atoms with Crippen LogP contribution in [0.3, 0.4) is 0 Å². The Morgan fingerprint density at radius 1 is 0.886 bits per heavy atom. The Morgan fingerprint density at radius 3 is 2.20 bits per heavy atom. The van der Waals surface area contributed by atoms with Crippen LogP contribution < -0.4 is 9.62 Å². The van der Waals surface area contributed by atoms with E-state index in [4.69, 9.17) is 11.6 Å². The monoisotopic (exact) mass is 695 g/mol. The molecule has 0 saturated carbocycles. The SMILES string of the molecule is CCNC(=O)[C@H](Cc1ccccc1)N(Cc1cccc(Br)c1)C(=O)CN(c1ccc(C)c(Cl)c1)S(=O)(=O)c1ccc(C)cc1. The number of nitrogens with one attached hydrogen (secondary N) is 1. The maximum Gasteiger partial charge on any atom is 0.264 e. The number of benzene rings is 4. The van der Waals surface area contributed by atoms with Crippen LogP contribution in [-0.4, -0.2) is 44.3 Å². The van der Waals surface area contributed by atoms with Crippen molar-refractivity contribution in [3.63, 3.8) is 0 Å². The molecule has 0 radical (unpaired) electrons. The number of rotatable bonds is 12. The van der Waals surface area contributed by atoms with E-state index in [0.717, 1.165) is 31.0 Å². The topological polar surface area (TPSA) is 86.8 Å². The predicted molar refractivity (Wildman–Crippen MR) is 179 cm³/mol. The van der Waals surface area contributed by atoms with Gasteiger partial charge in [-0.05, 0) is 73.9 Å². The van der Waals surface area contributed by atoms with Gasteiger partial charge < -0.3 is 10.2 Å². The zero-order valence-corrected chi connectivity index (χ0v) is 28.0. The lowest BCUT2D eigenvalue weighted by molar-refractivity contribution is -0.140. The van der Waals surface area contributed by atoms with Gasteiger partial charge in [0.25, 0.3) is 10.0 Å². The normalized spacial score (nSPS) is 11.9. The second kappa shape index (κ2) is 14.9. The number of sulfonamides is 1. The minimum atomic E-state index is -4.20. The number of aryl methyl sites for hydroxylation is 2. The summed E-state index contributed by atoms with van der Waals surface area (Å²) in [7, 11) is -4.20. The van der Waals surface area contributed by atoms with Crippen LogP contribution in [0.25, 0.3) is 0 Å². The minimum Gasteiger partial charge on any atom is -0.355 e. The van der Waals surface area contributed by atoms with E-state index in [1.165, 1.54) is 17.0 Å². The highest BCUT2D eigenvalue weighted by Gasteiger charge is 2.34. The molecule has 4 aromatic carbocycles. The van der Waals surface area contributed by atoms with Crippen LogP contribution in [0.1, 0.15) is 29.2 Å². The summed E-state index contributed by atoms with van der Waals surface area (Å²) >= 11 is 9.93. The summed E-state index contributed by atoms with van der Waals surface area (Å²) in [4.78, 5) is 29.5. The molecule has 0 saturated heterocycles. The van der Waals surface area contributed by atoms with Gasteiger partial charge in [0.05, 0.1) is 10.6 Å². The Balaban J connectivity index is 1.81. The molecule has 0 aliphatic rings. The second-order valence-electron chi connectivity index (χ2n) is 10.5. The molecule has 0 spiro atoms. The van der Waals surface area contributed by atoms with Gasteiger partial charge in [0.2, 0.25) is 11.8 Å². The molecule has 0 bridgehead atoms. The number of hydrogen-bond donors (Lipinski definition) is 1. The third-order valence-corrected chi connectivity index (χ3v) is 9.88.